The van der Waals surface area contributed by atoms with Gasteiger partial charge in [0.2, 0.25) is 5.91 Å². The molecule has 0 aromatic carbocycles. The number of allylic oxidation sites excluding steroid dienone is 1. The number of pyridine rings is 1. The second-order valence-electron chi connectivity index (χ2n) is 6.80. The lowest BCUT2D eigenvalue weighted by atomic mass is 9.79. The van der Waals surface area contributed by atoms with E-state index in [0.717, 1.165) is 41.7 Å². The molecule has 0 aliphatic carbocycles. The average Bonchev–Trinajstić information content (AvgIpc) is 2.65. The Morgan fingerprint density at radius 1 is 1.23 bits per heavy atom. The van der Waals surface area contributed by atoms with Crippen molar-refractivity contribution >= 4 is 11.5 Å². The summed E-state index contributed by atoms with van der Waals surface area (Å²) in [7, 11) is 0. The van der Waals surface area contributed by atoms with Crippen LogP contribution in [-0.2, 0) is 4.79 Å². The number of aromatic nitrogens is 1. The molecule has 1 aromatic rings. The number of carbonyl (C=O) groups excluding carboxylic acids is 1. The Labute approximate surface area is 158 Å². The highest BCUT2D eigenvalue weighted by Crippen LogP contribution is 2.44. The van der Waals surface area contributed by atoms with Crippen molar-refractivity contribution in [1.29, 1.82) is 0 Å². The van der Waals surface area contributed by atoms with E-state index in [4.69, 9.17) is 10.5 Å². The smallest absolute Gasteiger partial charge is 0.244 e. The van der Waals surface area contributed by atoms with Gasteiger partial charge in [0, 0.05) is 17.3 Å². The number of nitrogens with two attached hydrogens (primary N) is 1. The molecule has 1 aromatic heterocycles. The minimum absolute atomic E-state index is 0.401. The second kappa shape index (κ2) is 10.1. The molecule has 0 radical (unpaired) electrons. The Hall–Kier alpha value is -2.10. The predicted molar refractivity (Wildman–Crippen MR) is 109 cm³/mol. The molecule has 4 heteroatoms. The molecule has 1 aliphatic rings. The van der Waals surface area contributed by atoms with Crippen LogP contribution >= 0.6 is 0 Å². The SMILES string of the molecule is CCCC.CCCC1(CC)Oc2cnccc2C(C)=C1/C=C(\C)C(N)=O. The maximum Gasteiger partial charge on any atom is 0.244 e. The summed E-state index contributed by atoms with van der Waals surface area (Å²) in [6, 6.07) is 1.95. The largest absolute Gasteiger partial charge is 0.480 e. The molecule has 2 rings (SSSR count). The number of hydrogen-bond acceptors (Lipinski definition) is 3. The lowest BCUT2D eigenvalue weighted by Crippen LogP contribution is -2.40. The Kier molecular flexibility index (Phi) is 8.56. The molecule has 2 N–H and O–H groups in total. The molecule has 1 atom stereocenters. The number of amides is 1. The zero-order chi connectivity index (χ0) is 19.7. The number of rotatable bonds is 6. The van der Waals surface area contributed by atoms with Crippen molar-refractivity contribution in [2.75, 3.05) is 0 Å². The third-order valence-corrected chi connectivity index (χ3v) is 4.86. The molecule has 0 spiro atoms. The van der Waals surface area contributed by atoms with E-state index in [-0.39, 0.29) is 0 Å². The maximum atomic E-state index is 11.5. The normalized spacial score (nSPS) is 19.2. The van der Waals surface area contributed by atoms with Crippen LogP contribution in [0.3, 0.4) is 0 Å². The molecule has 0 fully saturated rings. The van der Waals surface area contributed by atoms with Crippen LogP contribution in [0.1, 0.15) is 79.2 Å². The van der Waals surface area contributed by atoms with Crippen LogP contribution in [0.5, 0.6) is 5.75 Å². The Morgan fingerprint density at radius 3 is 2.38 bits per heavy atom. The van der Waals surface area contributed by atoms with Gasteiger partial charge in [0.1, 0.15) is 11.4 Å². The van der Waals surface area contributed by atoms with E-state index in [1.807, 2.05) is 12.1 Å². The summed E-state index contributed by atoms with van der Waals surface area (Å²) >= 11 is 0. The summed E-state index contributed by atoms with van der Waals surface area (Å²) in [5.74, 6) is 0.409. The third kappa shape index (κ3) is 4.96. The van der Waals surface area contributed by atoms with Crippen molar-refractivity contribution in [2.24, 2.45) is 5.73 Å². The van der Waals surface area contributed by atoms with E-state index in [9.17, 15) is 4.79 Å². The van der Waals surface area contributed by atoms with Crippen molar-refractivity contribution in [3.63, 3.8) is 0 Å². The Morgan fingerprint density at radius 2 is 1.88 bits per heavy atom. The van der Waals surface area contributed by atoms with Crippen molar-refractivity contribution in [1.82, 2.24) is 4.98 Å². The van der Waals surface area contributed by atoms with Crippen LogP contribution < -0.4 is 10.5 Å². The lowest BCUT2D eigenvalue weighted by Gasteiger charge is -2.40. The summed E-state index contributed by atoms with van der Waals surface area (Å²) < 4.78 is 6.36. The van der Waals surface area contributed by atoms with Crippen molar-refractivity contribution < 1.29 is 9.53 Å². The van der Waals surface area contributed by atoms with Crippen LogP contribution in [0, 0.1) is 0 Å². The van der Waals surface area contributed by atoms with Crippen LogP contribution in [0.2, 0.25) is 0 Å². The van der Waals surface area contributed by atoms with Gasteiger partial charge in [0.25, 0.3) is 0 Å². The minimum atomic E-state index is -0.425. The second-order valence-corrected chi connectivity index (χ2v) is 6.80. The quantitative estimate of drug-likeness (QED) is 0.689. The van der Waals surface area contributed by atoms with Gasteiger partial charge < -0.3 is 10.5 Å². The number of nitrogens with zero attached hydrogens (tertiary/aromatic N) is 1. The zero-order valence-corrected chi connectivity index (χ0v) is 17.2. The molecular formula is C22H34N2O2. The number of ether oxygens (including phenoxy) is 1. The van der Waals surface area contributed by atoms with Gasteiger partial charge in [-0.2, -0.15) is 0 Å². The van der Waals surface area contributed by atoms with Crippen LogP contribution in [0.4, 0.5) is 0 Å². The minimum Gasteiger partial charge on any atom is -0.480 e. The third-order valence-electron chi connectivity index (χ3n) is 4.86. The molecule has 144 valence electrons. The summed E-state index contributed by atoms with van der Waals surface area (Å²) in [5, 5.41) is 0. The van der Waals surface area contributed by atoms with E-state index in [0.29, 0.717) is 5.57 Å². The molecule has 0 saturated heterocycles. The molecule has 4 nitrogen and oxygen atoms in total. The predicted octanol–water partition coefficient (Wildman–Crippen LogP) is 5.43. The van der Waals surface area contributed by atoms with Gasteiger partial charge in [0.15, 0.2) is 0 Å². The van der Waals surface area contributed by atoms with Gasteiger partial charge in [-0.3, -0.25) is 9.78 Å². The van der Waals surface area contributed by atoms with Crippen LogP contribution in [-0.4, -0.2) is 16.5 Å². The first-order valence-corrected chi connectivity index (χ1v) is 9.69. The molecule has 0 saturated carbocycles. The molecule has 1 aliphatic heterocycles. The van der Waals surface area contributed by atoms with E-state index in [1.165, 1.54) is 12.8 Å². The highest BCUT2D eigenvalue weighted by molar-refractivity contribution is 5.92. The van der Waals surface area contributed by atoms with Gasteiger partial charge in [-0.1, -0.05) is 47.0 Å². The molecule has 26 heavy (non-hydrogen) atoms. The standard InChI is InChI=1S/C18H24N2O2.C4H10/c1-5-8-18(6-2)15(10-12(3)17(19)21)13(4)14-7-9-20-11-16(14)22-18;1-3-4-2/h7,9-11H,5-6,8H2,1-4H3,(H2,19,21);3-4H2,1-2H3/b12-10+;. The number of hydrogen-bond donors (Lipinski definition) is 1. The monoisotopic (exact) mass is 358 g/mol. The van der Waals surface area contributed by atoms with Gasteiger partial charge in [-0.05, 0) is 50.0 Å². The Balaban J connectivity index is 0.000000765. The van der Waals surface area contributed by atoms with Crippen molar-refractivity contribution in [3.8, 4) is 5.75 Å². The zero-order valence-electron chi connectivity index (χ0n) is 17.2. The first-order chi connectivity index (χ1) is 12.4. The number of unbranched alkanes of at least 4 members (excludes halogenated alkanes) is 1. The van der Waals surface area contributed by atoms with E-state index in [1.54, 1.807) is 19.3 Å². The average molecular weight is 359 g/mol. The lowest BCUT2D eigenvalue weighted by molar-refractivity contribution is -0.114. The molecule has 1 amide bonds. The Bertz CT molecular complexity index is 674. The van der Waals surface area contributed by atoms with Crippen molar-refractivity contribution in [3.05, 3.63) is 41.2 Å². The van der Waals surface area contributed by atoms with Gasteiger partial charge in [-0.15, -0.1) is 0 Å². The molecular weight excluding hydrogens is 324 g/mol. The molecule has 0 bridgehead atoms. The van der Waals surface area contributed by atoms with Crippen LogP contribution in [0.25, 0.3) is 5.57 Å². The summed E-state index contributed by atoms with van der Waals surface area (Å²) in [6.07, 6.45) is 10.7. The molecule has 2 heterocycles. The van der Waals surface area contributed by atoms with E-state index >= 15 is 0 Å². The number of carbonyl (C=O) groups is 1. The van der Waals surface area contributed by atoms with Gasteiger partial charge in [0.05, 0.1) is 6.20 Å². The highest BCUT2D eigenvalue weighted by atomic mass is 16.5. The van der Waals surface area contributed by atoms with E-state index < -0.39 is 11.5 Å². The van der Waals surface area contributed by atoms with Gasteiger partial charge >= 0.3 is 0 Å². The fraction of sp³-hybridized carbons (Fsp3) is 0.545. The first kappa shape index (κ1) is 21.9. The summed E-state index contributed by atoms with van der Waals surface area (Å²) in [6.45, 7) is 12.4. The maximum absolute atomic E-state index is 11.5. The molecule has 1 unspecified atom stereocenters. The van der Waals surface area contributed by atoms with E-state index in [2.05, 4.69) is 39.6 Å². The van der Waals surface area contributed by atoms with Crippen LogP contribution in [0.15, 0.2) is 35.7 Å². The summed E-state index contributed by atoms with van der Waals surface area (Å²) in [4.78, 5) is 15.6. The topological polar surface area (TPSA) is 65.2 Å². The fourth-order valence-electron chi connectivity index (χ4n) is 3.08. The number of fused-ring (bicyclic) bond motifs is 1. The summed E-state index contributed by atoms with van der Waals surface area (Å²) in [5.41, 5.74) is 8.74. The first-order valence-electron chi connectivity index (χ1n) is 9.69. The van der Waals surface area contributed by atoms with Crippen molar-refractivity contribution in [2.45, 2.75) is 79.2 Å². The number of primary amides is 1. The van der Waals surface area contributed by atoms with Gasteiger partial charge in [-0.25, -0.2) is 0 Å². The fourth-order valence-corrected chi connectivity index (χ4v) is 3.08. The highest BCUT2D eigenvalue weighted by Gasteiger charge is 2.38.